The molecule has 1 amide bonds. The van der Waals surface area contributed by atoms with Crippen LogP contribution in [0.5, 0.6) is 11.5 Å². The van der Waals surface area contributed by atoms with Crippen molar-refractivity contribution in [3.8, 4) is 11.5 Å². The van der Waals surface area contributed by atoms with Gasteiger partial charge >= 0.3 is 0 Å². The lowest BCUT2D eigenvalue weighted by Gasteiger charge is -2.23. The van der Waals surface area contributed by atoms with Gasteiger partial charge in [0.05, 0.1) is 19.1 Å². The summed E-state index contributed by atoms with van der Waals surface area (Å²) in [5, 5.41) is 2.78. The molecule has 0 heterocycles. The average Bonchev–Trinajstić information content (AvgIpc) is 2.80. The Labute approximate surface area is 195 Å². The minimum Gasteiger partial charge on any atom is -0.493 e. The number of amides is 1. The minimum atomic E-state index is -3.63. The van der Waals surface area contributed by atoms with Crippen molar-refractivity contribution in [2.75, 3.05) is 24.2 Å². The molecule has 0 unspecified atom stereocenters. The highest BCUT2D eigenvalue weighted by molar-refractivity contribution is 7.92. The van der Waals surface area contributed by atoms with Gasteiger partial charge < -0.3 is 14.8 Å². The highest BCUT2D eigenvalue weighted by atomic mass is 32.2. The number of para-hydroxylation sites is 1. The second-order valence-corrected chi connectivity index (χ2v) is 9.50. The molecule has 174 valence electrons. The summed E-state index contributed by atoms with van der Waals surface area (Å²) in [5.41, 5.74) is 3.09. The Hall–Kier alpha value is -3.52. The van der Waals surface area contributed by atoms with Crippen molar-refractivity contribution in [1.29, 1.82) is 0 Å². The molecule has 0 aliphatic carbocycles. The van der Waals surface area contributed by atoms with E-state index in [4.69, 9.17) is 9.47 Å². The van der Waals surface area contributed by atoms with Gasteiger partial charge in [0.2, 0.25) is 15.9 Å². The van der Waals surface area contributed by atoms with Crippen LogP contribution in [0.1, 0.15) is 16.7 Å². The van der Waals surface area contributed by atoms with Gasteiger partial charge in [-0.2, -0.15) is 0 Å². The summed E-state index contributed by atoms with van der Waals surface area (Å²) < 4.78 is 37.0. The van der Waals surface area contributed by atoms with E-state index in [-0.39, 0.29) is 13.1 Å². The van der Waals surface area contributed by atoms with Crippen LogP contribution in [0.3, 0.4) is 0 Å². The highest BCUT2D eigenvalue weighted by Gasteiger charge is 2.22. The molecule has 0 fully saturated rings. The molecule has 3 rings (SSSR count). The van der Waals surface area contributed by atoms with Crippen LogP contribution < -0.4 is 19.1 Å². The van der Waals surface area contributed by atoms with Gasteiger partial charge in [0.15, 0.2) is 11.5 Å². The molecule has 1 N–H and O–H groups in total. The summed E-state index contributed by atoms with van der Waals surface area (Å²) in [4.78, 5) is 12.6. The average molecular weight is 469 g/mol. The first-order valence-electron chi connectivity index (χ1n) is 10.4. The van der Waals surface area contributed by atoms with Crippen LogP contribution in [0, 0.1) is 6.92 Å². The first kappa shape index (κ1) is 24.1. The zero-order valence-corrected chi connectivity index (χ0v) is 19.8. The number of carbonyl (C=O) groups excluding carboxylic acids is 1. The lowest BCUT2D eigenvalue weighted by Crippen LogP contribution is -2.40. The third-order valence-electron chi connectivity index (χ3n) is 5.03. The lowest BCUT2D eigenvalue weighted by molar-refractivity contribution is -0.119. The molecule has 0 bridgehead atoms. The molecule has 0 aliphatic rings. The Kier molecular flexibility index (Phi) is 7.95. The number of benzene rings is 3. The number of ether oxygens (including phenoxy) is 2. The molecule has 0 spiro atoms. The van der Waals surface area contributed by atoms with Gasteiger partial charge in [-0.05, 0) is 41.8 Å². The number of methoxy groups -OCH3 is 1. The standard InChI is InChI=1S/C25H28N2O5S/c1-19-9-7-8-12-22(19)27(33(3,29)30)17-25(28)26-16-21-13-14-23(24(15-21)31-2)32-18-20-10-5-4-6-11-20/h4-15H,16-18H2,1-3H3,(H,26,28). The normalized spacial score (nSPS) is 11.0. The van der Waals surface area contributed by atoms with E-state index in [1.165, 1.54) is 0 Å². The Morgan fingerprint density at radius 2 is 1.64 bits per heavy atom. The molecule has 0 atom stereocenters. The fraction of sp³-hybridized carbons (Fsp3) is 0.240. The van der Waals surface area contributed by atoms with Gasteiger partial charge in [-0.15, -0.1) is 0 Å². The second kappa shape index (κ2) is 10.9. The van der Waals surface area contributed by atoms with Crippen molar-refractivity contribution in [3.05, 3.63) is 89.5 Å². The lowest BCUT2D eigenvalue weighted by atomic mass is 10.2. The number of anilines is 1. The molecule has 0 aromatic heterocycles. The van der Waals surface area contributed by atoms with Crippen molar-refractivity contribution >= 4 is 21.6 Å². The Morgan fingerprint density at radius 3 is 2.30 bits per heavy atom. The van der Waals surface area contributed by atoms with Gasteiger partial charge in [-0.25, -0.2) is 8.42 Å². The zero-order chi connectivity index (χ0) is 23.8. The summed E-state index contributed by atoms with van der Waals surface area (Å²) >= 11 is 0. The summed E-state index contributed by atoms with van der Waals surface area (Å²) in [6.45, 7) is 2.13. The quantitative estimate of drug-likeness (QED) is 0.491. The van der Waals surface area contributed by atoms with E-state index in [2.05, 4.69) is 5.32 Å². The molecular formula is C25H28N2O5S. The molecule has 0 saturated heterocycles. The summed E-state index contributed by atoms with van der Waals surface area (Å²) in [5.74, 6) is 0.738. The molecule has 3 aromatic carbocycles. The maximum atomic E-state index is 12.6. The molecule has 0 aliphatic heterocycles. The van der Waals surface area contributed by atoms with Crippen molar-refractivity contribution in [2.24, 2.45) is 0 Å². The van der Waals surface area contributed by atoms with E-state index >= 15 is 0 Å². The van der Waals surface area contributed by atoms with E-state index in [9.17, 15) is 13.2 Å². The van der Waals surface area contributed by atoms with Crippen LogP contribution >= 0.6 is 0 Å². The molecule has 7 nitrogen and oxygen atoms in total. The number of rotatable bonds is 10. The summed E-state index contributed by atoms with van der Waals surface area (Å²) in [6, 6.07) is 22.3. The maximum absolute atomic E-state index is 12.6. The Balaban J connectivity index is 1.63. The largest absolute Gasteiger partial charge is 0.493 e. The Morgan fingerprint density at radius 1 is 0.939 bits per heavy atom. The van der Waals surface area contributed by atoms with E-state index in [1.54, 1.807) is 44.4 Å². The highest BCUT2D eigenvalue weighted by Crippen LogP contribution is 2.29. The first-order chi connectivity index (χ1) is 15.8. The number of sulfonamides is 1. The molecule has 8 heteroatoms. The number of hydrogen-bond donors (Lipinski definition) is 1. The maximum Gasteiger partial charge on any atom is 0.241 e. The summed E-state index contributed by atoms with van der Waals surface area (Å²) in [7, 11) is -2.07. The van der Waals surface area contributed by atoms with Crippen LogP contribution in [0.25, 0.3) is 0 Å². The molecule has 0 radical (unpaired) electrons. The minimum absolute atomic E-state index is 0.222. The van der Waals surface area contributed by atoms with Gasteiger partial charge in [0, 0.05) is 6.54 Å². The fourth-order valence-corrected chi connectivity index (χ4v) is 4.20. The third kappa shape index (κ3) is 6.73. The van der Waals surface area contributed by atoms with Gasteiger partial charge in [0.1, 0.15) is 13.2 Å². The fourth-order valence-electron chi connectivity index (χ4n) is 3.29. The topological polar surface area (TPSA) is 84.9 Å². The van der Waals surface area contributed by atoms with Crippen LogP contribution in [0.4, 0.5) is 5.69 Å². The van der Waals surface area contributed by atoms with Gasteiger partial charge in [0.25, 0.3) is 0 Å². The zero-order valence-electron chi connectivity index (χ0n) is 18.9. The number of nitrogens with zero attached hydrogens (tertiary/aromatic N) is 1. The Bertz CT molecular complexity index is 1200. The van der Waals surface area contributed by atoms with Crippen LogP contribution in [0.2, 0.25) is 0 Å². The van der Waals surface area contributed by atoms with E-state index in [1.807, 2.05) is 42.5 Å². The molecule has 33 heavy (non-hydrogen) atoms. The molecular weight excluding hydrogens is 440 g/mol. The van der Waals surface area contributed by atoms with Gasteiger partial charge in [-0.1, -0.05) is 54.6 Å². The predicted octanol–water partition coefficient (Wildman–Crippen LogP) is 3.67. The van der Waals surface area contributed by atoms with Crippen molar-refractivity contribution < 1.29 is 22.7 Å². The number of nitrogens with one attached hydrogen (secondary N) is 1. The van der Waals surface area contributed by atoms with Gasteiger partial charge in [-0.3, -0.25) is 9.10 Å². The van der Waals surface area contributed by atoms with E-state index < -0.39 is 15.9 Å². The van der Waals surface area contributed by atoms with Crippen molar-refractivity contribution in [2.45, 2.75) is 20.1 Å². The number of carbonyl (C=O) groups is 1. The number of aryl methyl sites for hydroxylation is 1. The molecule has 3 aromatic rings. The summed E-state index contributed by atoms with van der Waals surface area (Å²) in [6.07, 6.45) is 1.09. The number of hydrogen-bond acceptors (Lipinski definition) is 5. The first-order valence-corrected chi connectivity index (χ1v) is 12.3. The van der Waals surface area contributed by atoms with Crippen LogP contribution in [-0.2, 0) is 28.0 Å². The van der Waals surface area contributed by atoms with Crippen LogP contribution in [0.15, 0.2) is 72.8 Å². The molecule has 0 saturated carbocycles. The van der Waals surface area contributed by atoms with E-state index in [0.29, 0.717) is 23.8 Å². The monoisotopic (exact) mass is 468 g/mol. The van der Waals surface area contributed by atoms with Crippen molar-refractivity contribution in [1.82, 2.24) is 5.32 Å². The second-order valence-electron chi connectivity index (χ2n) is 7.59. The smallest absolute Gasteiger partial charge is 0.241 e. The van der Waals surface area contributed by atoms with Crippen molar-refractivity contribution in [3.63, 3.8) is 0 Å². The predicted molar refractivity (Wildman–Crippen MR) is 129 cm³/mol. The van der Waals surface area contributed by atoms with E-state index in [0.717, 1.165) is 27.3 Å². The van der Waals surface area contributed by atoms with Crippen LogP contribution in [-0.4, -0.2) is 34.2 Å². The third-order valence-corrected chi connectivity index (χ3v) is 6.15. The SMILES string of the molecule is COc1cc(CNC(=O)CN(c2ccccc2C)S(C)(=O)=O)ccc1OCc1ccccc1.